The number of rotatable bonds is 16. The summed E-state index contributed by atoms with van der Waals surface area (Å²) in [6.45, 7) is 14.2. The van der Waals surface area contributed by atoms with Crippen LogP contribution in [0.2, 0.25) is 0 Å². The third-order valence-corrected chi connectivity index (χ3v) is 9.12. The Bertz CT molecular complexity index is 1710. The zero-order valence-electron chi connectivity index (χ0n) is 30.6. The van der Waals surface area contributed by atoms with Gasteiger partial charge >= 0.3 is 11.9 Å². The molecule has 0 unspecified atom stereocenters. The van der Waals surface area contributed by atoms with E-state index >= 15 is 0 Å². The summed E-state index contributed by atoms with van der Waals surface area (Å²) in [6.07, 6.45) is 1.49. The number of esters is 2. The van der Waals surface area contributed by atoms with Gasteiger partial charge in [-0.3, -0.25) is 9.59 Å². The van der Waals surface area contributed by atoms with Gasteiger partial charge in [-0.2, -0.15) is 0 Å². The number of nitrogens with zero attached hydrogens (tertiary/aromatic N) is 1. The molecule has 2 N–H and O–H groups in total. The summed E-state index contributed by atoms with van der Waals surface area (Å²) in [6, 6.07) is 30.0. The first-order valence-corrected chi connectivity index (χ1v) is 17.8. The first-order valence-electron chi connectivity index (χ1n) is 17.8. The molecular weight excluding hydrogens is 626 g/mol. The van der Waals surface area contributed by atoms with E-state index in [0.717, 1.165) is 51.9 Å². The standard InChI is InChI=1S/C43H53NO6/c1-8-36(38-23-31(26-45)17-19-40(38)49-42(47)28(2)3)34-15-12-16-35(25-34)44(30(6)7)22-21-37(33-13-10-9-11-14-33)39-24-32(27-46)18-20-41(39)50-43(48)29(4)5/h9-20,23-25,28-30,36-37,45-46H,8,21-22,26-27H2,1-7H3/t36-,37+/m1/s1. The van der Waals surface area contributed by atoms with Gasteiger partial charge in [0.1, 0.15) is 11.5 Å². The Hall–Kier alpha value is -4.46. The zero-order chi connectivity index (χ0) is 36.4. The number of hydrogen-bond donors (Lipinski definition) is 2. The topological polar surface area (TPSA) is 96.3 Å². The average Bonchev–Trinajstić information content (AvgIpc) is 3.11. The second kappa shape index (κ2) is 18.0. The lowest BCUT2D eigenvalue weighted by molar-refractivity contribution is -0.138. The summed E-state index contributed by atoms with van der Waals surface area (Å²) >= 11 is 0. The number of benzene rings is 4. The van der Waals surface area contributed by atoms with E-state index in [2.05, 4.69) is 62.1 Å². The molecule has 0 amide bonds. The van der Waals surface area contributed by atoms with Crippen LogP contribution < -0.4 is 14.4 Å². The molecule has 0 aromatic heterocycles. The van der Waals surface area contributed by atoms with Gasteiger partial charge in [0.05, 0.1) is 25.0 Å². The van der Waals surface area contributed by atoms with Crippen LogP contribution in [0.1, 0.15) is 107 Å². The molecule has 4 aromatic rings. The molecule has 0 heterocycles. The number of hydrogen-bond acceptors (Lipinski definition) is 7. The number of carbonyl (C=O) groups excluding carboxylic acids is 2. The van der Waals surface area contributed by atoms with E-state index in [-0.39, 0.29) is 54.9 Å². The minimum Gasteiger partial charge on any atom is -0.426 e. The number of carbonyl (C=O) groups is 2. The van der Waals surface area contributed by atoms with Crippen LogP contribution in [0.15, 0.2) is 91.0 Å². The van der Waals surface area contributed by atoms with Crippen LogP contribution in [-0.2, 0) is 22.8 Å². The van der Waals surface area contributed by atoms with Crippen LogP contribution >= 0.6 is 0 Å². The summed E-state index contributed by atoms with van der Waals surface area (Å²) in [4.78, 5) is 27.8. The third kappa shape index (κ3) is 9.61. The summed E-state index contributed by atoms with van der Waals surface area (Å²) in [5.74, 6) is -0.291. The van der Waals surface area contributed by atoms with Crippen LogP contribution in [-0.4, -0.2) is 34.7 Å². The molecule has 4 rings (SSSR count). The largest absolute Gasteiger partial charge is 0.426 e. The van der Waals surface area contributed by atoms with Crippen molar-refractivity contribution in [1.82, 2.24) is 0 Å². The Morgan fingerprint density at radius 2 is 1.16 bits per heavy atom. The highest BCUT2D eigenvalue weighted by Gasteiger charge is 2.25. The van der Waals surface area contributed by atoms with E-state index < -0.39 is 0 Å². The molecule has 0 radical (unpaired) electrons. The van der Waals surface area contributed by atoms with Gasteiger partial charge in [0.15, 0.2) is 0 Å². The minimum absolute atomic E-state index is 0.0677. The van der Waals surface area contributed by atoms with Crippen molar-refractivity contribution in [3.05, 3.63) is 124 Å². The van der Waals surface area contributed by atoms with Gasteiger partial charge in [0.2, 0.25) is 0 Å². The molecule has 0 bridgehead atoms. The molecule has 7 nitrogen and oxygen atoms in total. The quantitative estimate of drug-likeness (QED) is 0.0903. The van der Waals surface area contributed by atoms with Crippen molar-refractivity contribution in [2.45, 2.75) is 92.4 Å². The fourth-order valence-electron chi connectivity index (χ4n) is 6.27. The molecule has 0 fully saturated rings. The molecule has 0 saturated heterocycles. The van der Waals surface area contributed by atoms with E-state index in [4.69, 9.17) is 9.47 Å². The first-order chi connectivity index (χ1) is 24.0. The highest BCUT2D eigenvalue weighted by atomic mass is 16.5. The number of aliphatic hydroxyl groups is 2. The van der Waals surface area contributed by atoms with Gasteiger partial charge in [-0.15, -0.1) is 0 Å². The van der Waals surface area contributed by atoms with Gasteiger partial charge in [-0.25, -0.2) is 0 Å². The van der Waals surface area contributed by atoms with Crippen LogP contribution in [0.3, 0.4) is 0 Å². The minimum atomic E-state index is -0.299. The molecule has 0 aliphatic rings. The molecule has 0 aliphatic heterocycles. The Labute approximate surface area is 297 Å². The van der Waals surface area contributed by atoms with Crippen LogP contribution in [0.25, 0.3) is 0 Å². The van der Waals surface area contributed by atoms with Crippen molar-refractivity contribution in [2.24, 2.45) is 11.8 Å². The van der Waals surface area contributed by atoms with Crippen molar-refractivity contribution in [2.75, 3.05) is 11.4 Å². The molecule has 50 heavy (non-hydrogen) atoms. The maximum absolute atomic E-state index is 12.8. The summed E-state index contributed by atoms with van der Waals surface area (Å²) in [5.41, 5.74) is 6.51. The summed E-state index contributed by atoms with van der Waals surface area (Å²) < 4.78 is 11.8. The van der Waals surface area contributed by atoms with Crippen molar-refractivity contribution in [3.8, 4) is 11.5 Å². The first kappa shape index (κ1) is 38.3. The van der Waals surface area contributed by atoms with E-state index in [0.29, 0.717) is 18.0 Å². The molecule has 2 atom stereocenters. The van der Waals surface area contributed by atoms with Gasteiger partial charge in [-0.05, 0) is 85.3 Å². The van der Waals surface area contributed by atoms with E-state index in [1.165, 1.54) is 0 Å². The van der Waals surface area contributed by atoms with E-state index in [1.54, 1.807) is 24.3 Å². The average molecular weight is 680 g/mol. The second-order valence-corrected chi connectivity index (χ2v) is 13.8. The SMILES string of the molecule is CC[C@H](c1cccc(N(CC[C@@H](c2ccccc2)c2cc(CO)ccc2OC(=O)C(C)C)C(C)C)c1)c1cc(CO)ccc1OC(=O)C(C)C. The lowest BCUT2D eigenvalue weighted by Gasteiger charge is -2.32. The van der Waals surface area contributed by atoms with Gasteiger partial charge in [0, 0.05) is 41.2 Å². The smallest absolute Gasteiger partial charge is 0.313 e. The normalized spacial score (nSPS) is 12.6. The van der Waals surface area contributed by atoms with E-state index in [9.17, 15) is 19.8 Å². The van der Waals surface area contributed by atoms with Gasteiger partial charge in [-0.1, -0.05) is 89.2 Å². The maximum Gasteiger partial charge on any atom is 0.313 e. The van der Waals surface area contributed by atoms with Crippen molar-refractivity contribution in [1.29, 1.82) is 0 Å². The predicted octanol–water partition coefficient (Wildman–Crippen LogP) is 8.77. The highest BCUT2D eigenvalue weighted by molar-refractivity contribution is 5.75. The fourth-order valence-corrected chi connectivity index (χ4v) is 6.27. The molecule has 4 aromatic carbocycles. The van der Waals surface area contributed by atoms with Crippen molar-refractivity contribution in [3.63, 3.8) is 0 Å². The summed E-state index contributed by atoms with van der Waals surface area (Å²) in [5, 5.41) is 20.0. The predicted molar refractivity (Wildman–Crippen MR) is 200 cm³/mol. The lowest BCUT2D eigenvalue weighted by atomic mass is 9.86. The molecule has 0 aliphatic carbocycles. The third-order valence-electron chi connectivity index (χ3n) is 9.12. The monoisotopic (exact) mass is 679 g/mol. The van der Waals surface area contributed by atoms with Crippen LogP contribution in [0.4, 0.5) is 5.69 Å². The Morgan fingerprint density at radius 1 is 0.640 bits per heavy atom. The number of ether oxygens (including phenoxy) is 2. The second-order valence-electron chi connectivity index (χ2n) is 13.8. The maximum atomic E-state index is 12.8. The van der Waals surface area contributed by atoms with Gasteiger partial charge < -0.3 is 24.6 Å². The van der Waals surface area contributed by atoms with Crippen molar-refractivity contribution < 1.29 is 29.3 Å². The highest BCUT2D eigenvalue weighted by Crippen LogP contribution is 2.39. The summed E-state index contributed by atoms with van der Waals surface area (Å²) in [7, 11) is 0. The zero-order valence-corrected chi connectivity index (χ0v) is 30.6. The van der Waals surface area contributed by atoms with E-state index in [1.807, 2.05) is 58.0 Å². The number of anilines is 1. The lowest BCUT2D eigenvalue weighted by Crippen LogP contribution is -2.33. The molecule has 7 heteroatoms. The Morgan fingerprint density at radius 3 is 1.64 bits per heavy atom. The number of aliphatic hydroxyl groups excluding tert-OH is 2. The Kier molecular flexibility index (Phi) is 13.8. The van der Waals surface area contributed by atoms with Gasteiger partial charge in [0.25, 0.3) is 0 Å². The molecular formula is C43H53NO6. The van der Waals surface area contributed by atoms with Crippen LogP contribution in [0, 0.1) is 11.8 Å². The molecule has 0 spiro atoms. The Balaban J connectivity index is 1.72. The van der Waals surface area contributed by atoms with Crippen molar-refractivity contribution >= 4 is 17.6 Å². The molecule has 0 saturated carbocycles. The fraction of sp³-hybridized carbons (Fsp3) is 0.395. The molecule has 266 valence electrons. The van der Waals surface area contributed by atoms with Crippen LogP contribution in [0.5, 0.6) is 11.5 Å².